The van der Waals surface area contributed by atoms with E-state index >= 15 is 0 Å². The summed E-state index contributed by atoms with van der Waals surface area (Å²) in [6.45, 7) is -1.01. The predicted octanol–water partition coefficient (Wildman–Crippen LogP) is -1.10. The van der Waals surface area contributed by atoms with Crippen LogP contribution in [0.5, 0.6) is 0 Å². The Morgan fingerprint density at radius 2 is 2.23 bits per heavy atom. The largest absolute Gasteiger partial charge is 0.471 e. The van der Waals surface area contributed by atoms with E-state index in [4.69, 9.17) is 20.7 Å². The Kier molecular flexibility index (Phi) is 8.33. The van der Waals surface area contributed by atoms with Gasteiger partial charge in [-0.2, -0.15) is 13.2 Å². The Balaban J connectivity index is 2.16. The summed E-state index contributed by atoms with van der Waals surface area (Å²) < 4.78 is 48.7. The van der Waals surface area contributed by atoms with Gasteiger partial charge in [-0.3, -0.25) is 19.1 Å². The standard InChI is InChI=1S/C16H18F3N3O6S2/c1-30(29)8-27-10-5-12(28-11(10)7-23)22-6-9(13(24)21-15(22)26)3-2-4-20-14(25)16(17,18)19/h6,10-12,23H,4-5,7-8H2,1H3,(H,20,25)(H,21,24,26)/t10-,11-,12-,30?/m1/s1. The van der Waals surface area contributed by atoms with Gasteiger partial charge in [0.15, 0.2) is 0 Å². The maximum Gasteiger partial charge on any atom is 0.471 e. The smallest absolute Gasteiger partial charge is 0.394 e. The number of nitrogens with zero attached hydrogens (tertiary/aromatic N) is 1. The number of aromatic amines is 1. The normalized spacial score (nSPS) is 22.2. The zero-order chi connectivity index (χ0) is 22.5. The lowest BCUT2D eigenvalue weighted by atomic mass is 10.2. The Morgan fingerprint density at radius 1 is 1.53 bits per heavy atom. The van der Waals surface area contributed by atoms with Crippen molar-refractivity contribution in [2.24, 2.45) is 0 Å². The molecule has 1 fully saturated rings. The van der Waals surface area contributed by atoms with Crippen LogP contribution in [0.4, 0.5) is 13.2 Å². The second-order valence-corrected chi connectivity index (χ2v) is 9.22. The molecule has 2 heterocycles. The molecular weight excluding hydrogens is 451 g/mol. The Labute approximate surface area is 175 Å². The maximum absolute atomic E-state index is 12.2. The van der Waals surface area contributed by atoms with Gasteiger partial charge in [0.2, 0.25) is 0 Å². The minimum atomic E-state index is -5.04. The van der Waals surface area contributed by atoms with E-state index in [-0.39, 0.29) is 24.5 Å². The molecule has 0 spiro atoms. The van der Waals surface area contributed by atoms with Crippen molar-refractivity contribution < 1.29 is 32.5 Å². The number of nitrogens with one attached hydrogen (secondary N) is 2. The van der Waals surface area contributed by atoms with Crippen molar-refractivity contribution in [1.82, 2.24) is 14.9 Å². The molecule has 1 amide bonds. The molecule has 1 unspecified atom stereocenters. The van der Waals surface area contributed by atoms with Gasteiger partial charge in [0.05, 0.1) is 25.2 Å². The molecule has 0 aliphatic carbocycles. The van der Waals surface area contributed by atoms with Crippen LogP contribution in [0.2, 0.25) is 0 Å². The molecule has 1 aromatic rings. The summed E-state index contributed by atoms with van der Waals surface area (Å²) in [5, 5.41) is 11.0. The first-order valence-corrected chi connectivity index (χ1v) is 11.1. The van der Waals surface area contributed by atoms with Gasteiger partial charge in [-0.15, -0.1) is 0 Å². The fourth-order valence-electron chi connectivity index (χ4n) is 2.55. The van der Waals surface area contributed by atoms with Crippen LogP contribution in [0.25, 0.3) is 0 Å². The molecule has 14 heteroatoms. The van der Waals surface area contributed by atoms with E-state index in [0.717, 1.165) is 10.8 Å². The molecular formula is C16H18F3N3O6S2. The number of carbonyl (C=O) groups is 1. The number of alkyl halides is 3. The van der Waals surface area contributed by atoms with Crippen molar-refractivity contribution in [1.29, 1.82) is 0 Å². The lowest BCUT2D eigenvalue weighted by Crippen LogP contribution is -2.37. The van der Waals surface area contributed by atoms with E-state index in [1.165, 1.54) is 0 Å². The molecule has 0 radical (unpaired) electrons. The topological polar surface area (TPSA) is 123 Å². The number of hydrogen-bond acceptors (Lipinski definition) is 7. The first-order valence-electron chi connectivity index (χ1n) is 8.40. The lowest BCUT2D eigenvalue weighted by molar-refractivity contribution is -0.173. The van der Waals surface area contributed by atoms with Crippen LogP contribution in [0.3, 0.4) is 0 Å². The second kappa shape index (κ2) is 10.3. The molecule has 1 aliphatic heterocycles. The van der Waals surface area contributed by atoms with Gasteiger partial charge in [0.1, 0.15) is 17.9 Å². The lowest BCUT2D eigenvalue weighted by Gasteiger charge is -2.16. The first kappa shape index (κ1) is 24.2. The summed E-state index contributed by atoms with van der Waals surface area (Å²) in [5.41, 5.74) is -1.86. The van der Waals surface area contributed by atoms with Crippen LogP contribution in [0, 0.1) is 11.8 Å². The number of aliphatic hydroxyl groups excluding tert-OH is 1. The highest BCUT2D eigenvalue weighted by molar-refractivity contribution is 8.28. The maximum atomic E-state index is 12.2. The van der Waals surface area contributed by atoms with Crippen LogP contribution in [0.15, 0.2) is 15.8 Å². The van der Waals surface area contributed by atoms with Crippen molar-refractivity contribution in [2.45, 2.75) is 31.0 Å². The van der Waals surface area contributed by atoms with E-state index < -0.39 is 57.8 Å². The number of amides is 1. The van der Waals surface area contributed by atoms with Gasteiger partial charge >= 0.3 is 17.8 Å². The van der Waals surface area contributed by atoms with Gasteiger partial charge in [-0.1, -0.05) is 21.3 Å². The van der Waals surface area contributed by atoms with Crippen molar-refractivity contribution in [3.8, 4) is 11.8 Å². The van der Waals surface area contributed by atoms with Crippen LogP contribution >= 0.6 is 0 Å². The third-order valence-electron chi connectivity index (χ3n) is 3.90. The van der Waals surface area contributed by atoms with Crippen molar-refractivity contribution >= 4 is 26.5 Å². The van der Waals surface area contributed by atoms with Crippen LogP contribution < -0.4 is 16.6 Å². The van der Waals surface area contributed by atoms with E-state index in [1.807, 2.05) is 4.98 Å². The van der Waals surface area contributed by atoms with Crippen molar-refractivity contribution in [2.75, 3.05) is 25.3 Å². The van der Waals surface area contributed by atoms with Gasteiger partial charge < -0.3 is 19.9 Å². The van der Waals surface area contributed by atoms with E-state index in [1.54, 1.807) is 11.6 Å². The minimum Gasteiger partial charge on any atom is -0.394 e. The summed E-state index contributed by atoms with van der Waals surface area (Å²) in [6.07, 6.45) is -4.06. The fourth-order valence-corrected chi connectivity index (χ4v) is 3.08. The van der Waals surface area contributed by atoms with Crippen molar-refractivity contribution in [3.05, 3.63) is 32.6 Å². The highest BCUT2D eigenvalue weighted by Crippen LogP contribution is 2.29. The number of halogens is 3. The number of ether oxygens (including phenoxy) is 2. The summed E-state index contributed by atoms with van der Waals surface area (Å²) in [5.74, 6) is 2.62. The van der Waals surface area contributed by atoms with Crippen LogP contribution in [0.1, 0.15) is 18.2 Å². The molecule has 166 valence electrons. The third-order valence-corrected chi connectivity index (χ3v) is 4.66. The summed E-state index contributed by atoms with van der Waals surface area (Å²) >= 11 is 5.05. The number of aromatic nitrogens is 2. The summed E-state index contributed by atoms with van der Waals surface area (Å²) in [4.78, 5) is 36.8. The Bertz CT molecular complexity index is 981. The number of carbonyl (C=O) groups excluding carboxylic acids is 1. The van der Waals surface area contributed by atoms with Gasteiger partial charge in [0, 0.05) is 12.6 Å². The molecule has 3 N–H and O–H groups in total. The molecule has 9 nitrogen and oxygen atoms in total. The molecule has 4 atom stereocenters. The predicted molar refractivity (Wildman–Crippen MR) is 103 cm³/mol. The summed E-state index contributed by atoms with van der Waals surface area (Å²) in [6, 6.07) is 0. The minimum absolute atomic E-state index is 0.193. The number of rotatable bonds is 6. The molecule has 0 aromatic carbocycles. The molecule has 30 heavy (non-hydrogen) atoms. The molecule has 2 rings (SSSR count). The van der Waals surface area contributed by atoms with Gasteiger partial charge in [-0.05, 0) is 17.4 Å². The Hall–Kier alpha value is -2.05. The van der Waals surface area contributed by atoms with E-state index in [0.29, 0.717) is 0 Å². The number of hydrogen-bond donors (Lipinski definition) is 3. The van der Waals surface area contributed by atoms with E-state index in [2.05, 4.69) is 11.8 Å². The van der Waals surface area contributed by atoms with Crippen LogP contribution in [-0.4, -0.2) is 64.3 Å². The average Bonchev–Trinajstić information content (AvgIpc) is 3.06. The SMILES string of the molecule is CS(=S)CO[C@@H]1C[C@H](n2cc(C#CCNC(=O)C(F)(F)F)c(=O)[nH]c2=O)O[C@@H]1CO. The monoisotopic (exact) mass is 469 g/mol. The van der Waals surface area contributed by atoms with Gasteiger partial charge in [0.25, 0.3) is 5.56 Å². The molecule has 1 aromatic heterocycles. The first-order chi connectivity index (χ1) is 14.0. The highest BCUT2D eigenvalue weighted by Gasteiger charge is 2.38. The summed E-state index contributed by atoms with van der Waals surface area (Å²) in [7, 11) is -0.420. The third kappa shape index (κ3) is 6.47. The Morgan fingerprint density at radius 3 is 2.83 bits per heavy atom. The molecule has 1 saturated heterocycles. The quantitative estimate of drug-likeness (QED) is 0.452. The van der Waals surface area contributed by atoms with Crippen LogP contribution in [-0.2, 0) is 34.9 Å². The van der Waals surface area contributed by atoms with Crippen molar-refractivity contribution in [3.63, 3.8) is 0 Å². The number of H-pyrrole nitrogens is 1. The second-order valence-electron chi connectivity index (χ2n) is 6.14. The fraction of sp³-hybridized carbons (Fsp3) is 0.562. The molecule has 1 aliphatic rings. The number of aliphatic hydroxyl groups is 1. The average molecular weight is 469 g/mol. The molecule has 0 bridgehead atoms. The zero-order valence-corrected chi connectivity index (χ0v) is 17.2. The highest BCUT2D eigenvalue weighted by atomic mass is 32.8. The molecule has 0 saturated carbocycles. The van der Waals surface area contributed by atoms with Gasteiger partial charge in [-0.25, -0.2) is 4.79 Å². The zero-order valence-electron chi connectivity index (χ0n) is 15.5. The van der Waals surface area contributed by atoms with E-state index in [9.17, 15) is 32.7 Å².